The first-order valence-electron chi connectivity index (χ1n) is 9.08. The maximum atomic E-state index is 12.0. The van der Waals surface area contributed by atoms with Crippen LogP contribution in [0.25, 0.3) is 10.8 Å². The second kappa shape index (κ2) is 10.6. The number of hydrazone groups is 1. The molecule has 3 nitrogen and oxygen atoms in total. The SMILES string of the molecule is CCCCCCCC/C=N/NC(=O)Cc1cccc2ccccc12. The maximum Gasteiger partial charge on any atom is 0.244 e. The molecule has 0 bridgehead atoms. The van der Waals surface area contributed by atoms with Gasteiger partial charge in [0.15, 0.2) is 0 Å². The van der Waals surface area contributed by atoms with E-state index in [1.54, 1.807) is 0 Å². The Labute approximate surface area is 145 Å². The summed E-state index contributed by atoms with van der Waals surface area (Å²) in [6.07, 6.45) is 10.7. The molecule has 2 aromatic rings. The molecule has 2 aromatic carbocycles. The van der Waals surface area contributed by atoms with E-state index in [1.807, 2.05) is 30.5 Å². The molecular weight excluding hydrogens is 296 g/mol. The lowest BCUT2D eigenvalue weighted by Crippen LogP contribution is -2.19. The van der Waals surface area contributed by atoms with E-state index >= 15 is 0 Å². The van der Waals surface area contributed by atoms with E-state index in [0.29, 0.717) is 6.42 Å². The molecule has 0 saturated carbocycles. The molecule has 1 amide bonds. The summed E-state index contributed by atoms with van der Waals surface area (Å²) in [6.45, 7) is 2.23. The highest BCUT2D eigenvalue weighted by Crippen LogP contribution is 2.18. The number of nitrogens with one attached hydrogen (secondary N) is 1. The van der Waals surface area contributed by atoms with Gasteiger partial charge >= 0.3 is 0 Å². The van der Waals surface area contributed by atoms with Crippen molar-refractivity contribution in [2.24, 2.45) is 5.10 Å². The van der Waals surface area contributed by atoms with Crippen molar-refractivity contribution >= 4 is 22.9 Å². The van der Waals surface area contributed by atoms with Gasteiger partial charge in [0.2, 0.25) is 5.91 Å². The van der Waals surface area contributed by atoms with Crippen molar-refractivity contribution in [3.63, 3.8) is 0 Å². The van der Waals surface area contributed by atoms with Crippen LogP contribution in [0, 0.1) is 0 Å². The Bertz CT molecular complexity index is 658. The summed E-state index contributed by atoms with van der Waals surface area (Å²) in [4.78, 5) is 12.0. The van der Waals surface area contributed by atoms with Gasteiger partial charge in [-0.15, -0.1) is 0 Å². The van der Waals surface area contributed by atoms with Crippen molar-refractivity contribution in [2.45, 2.75) is 58.3 Å². The first kappa shape index (κ1) is 18.2. The smallest absolute Gasteiger partial charge is 0.244 e. The average Bonchev–Trinajstić information content (AvgIpc) is 2.61. The van der Waals surface area contributed by atoms with Gasteiger partial charge in [-0.2, -0.15) is 5.10 Å². The van der Waals surface area contributed by atoms with Crippen molar-refractivity contribution in [1.29, 1.82) is 0 Å². The molecule has 24 heavy (non-hydrogen) atoms. The third-order valence-electron chi connectivity index (χ3n) is 4.20. The summed E-state index contributed by atoms with van der Waals surface area (Å²) in [5.41, 5.74) is 3.68. The highest BCUT2D eigenvalue weighted by Gasteiger charge is 2.05. The summed E-state index contributed by atoms with van der Waals surface area (Å²) in [5.74, 6) is -0.0643. The van der Waals surface area contributed by atoms with Gasteiger partial charge in [-0.25, -0.2) is 5.43 Å². The number of fused-ring (bicyclic) bond motifs is 1. The highest BCUT2D eigenvalue weighted by atomic mass is 16.2. The molecule has 0 unspecified atom stereocenters. The van der Waals surface area contributed by atoms with Crippen LogP contribution in [0.15, 0.2) is 47.6 Å². The zero-order chi connectivity index (χ0) is 17.0. The minimum atomic E-state index is -0.0643. The van der Waals surface area contributed by atoms with Crippen molar-refractivity contribution in [3.8, 4) is 0 Å². The lowest BCUT2D eigenvalue weighted by molar-refractivity contribution is -0.120. The average molecular weight is 324 g/mol. The van der Waals surface area contributed by atoms with Crippen molar-refractivity contribution in [1.82, 2.24) is 5.43 Å². The predicted octanol–water partition coefficient (Wildman–Crippen LogP) is 5.23. The van der Waals surface area contributed by atoms with Crippen LogP contribution in [0.5, 0.6) is 0 Å². The fourth-order valence-corrected chi connectivity index (χ4v) is 2.86. The van der Waals surface area contributed by atoms with Gasteiger partial charge in [0.25, 0.3) is 0 Å². The molecule has 0 aromatic heterocycles. The van der Waals surface area contributed by atoms with Gasteiger partial charge in [0, 0.05) is 6.21 Å². The Balaban J connectivity index is 1.70. The highest BCUT2D eigenvalue weighted by molar-refractivity contribution is 5.90. The van der Waals surface area contributed by atoms with E-state index in [4.69, 9.17) is 0 Å². The quantitative estimate of drug-likeness (QED) is 0.363. The second-order valence-electron chi connectivity index (χ2n) is 6.22. The molecule has 0 aliphatic heterocycles. The largest absolute Gasteiger partial charge is 0.273 e. The molecular formula is C21H28N2O. The standard InChI is InChI=1S/C21H28N2O/c1-2-3-4-5-6-7-10-16-22-23-21(24)17-19-14-11-13-18-12-8-9-15-20(18)19/h8-9,11-16H,2-7,10,17H2,1H3,(H,23,24)/b22-16+. The fraction of sp³-hybridized carbons (Fsp3) is 0.429. The van der Waals surface area contributed by atoms with Crippen molar-refractivity contribution in [3.05, 3.63) is 48.0 Å². The van der Waals surface area contributed by atoms with E-state index in [2.05, 4.69) is 35.7 Å². The Morgan fingerprint density at radius 3 is 2.62 bits per heavy atom. The number of benzene rings is 2. The zero-order valence-corrected chi connectivity index (χ0v) is 14.6. The summed E-state index contributed by atoms with van der Waals surface area (Å²) in [5, 5.41) is 6.35. The molecule has 0 fully saturated rings. The third kappa shape index (κ3) is 6.15. The lowest BCUT2D eigenvalue weighted by atomic mass is 10.0. The molecule has 0 heterocycles. The van der Waals surface area contributed by atoms with Crippen LogP contribution in [-0.4, -0.2) is 12.1 Å². The second-order valence-corrected chi connectivity index (χ2v) is 6.22. The van der Waals surface area contributed by atoms with Crippen molar-refractivity contribution < 1.29 is 4.79 Å². The van der Waals surface area contributed by atoms with E-state index in [0.717, 1.165) is 29.2 Å². The van der Waals surface area contributed by atoms with Crippen LogP contribution in [0.4, 0.5) is 0 Å². The van der Waals surface area contributed by atoms with Gasteiger partial charge in [-0.05, 0) is 29.2 Å². The number of unbranched alkanes of at least 4 members (excludes halogenated alkanes) is 6. The van der Waals surface area contributed by atoms with Crippen LogP contribution < -0.4 is 5.43 Å². The summed E-state index contributed by atoms with van der Waals surface area (Å²) in [6, 6.07) is 14.2. The molecule has 128 valence electrons. The Morgan fingerprint density at radius 2 is 1.75 bits per heavy atom. The molecule has 0 saturated heterocycles. The normalized spacial score (nSPS) is 11.2. The topological polar surface area (TPSA) is 41.5 Å². The molecule has 3 heteroatoms. The minimum Gasteiger partial charge on any atom is -0.273 e. The molecule has 1 N–H and O–H groups in total. The number of hydrogen-bond donors (Lipinski definition) is 1. The monoisotopic (exact) mass is 324 g/mol. The number of rotatable bonds is 10. The summed E-state index contributed by atoms with van der Waals surface area (Å²) in [7, 11) is 0. The zero-order valence-electron chi connectivity index (χ0n) is 14.6. The number of carbonyl (C=O) groups excluding carboxylic acids is 1. The van der Waals surface area contributed by atoms with E-state index in [-0.39, 0.29) is 5.91 Å². The van der Waals surface area contributed by atoms with E-state index in [1.165, 1.54) is 32.1 Å². The molecule has 0 spiro atoms. The first-order valence-corrected chi connectivity index (χ1v) is 9.08. The fourth-order valence-electron chi connectivity index (χ4n) is 2.86. The molecule has 0 aliphatic rings. The van der Waals surface area contributed by atoms with Gasteiger partial charge in [-0.1, -0.05) is 81.5 Å². The summed E-state index contributed by atoms with van der Waals surface area (Å²) >= 11 is 0. The van der Waals surface area contributed by atoms with Gasteiger partial charge in [0.05, 0.1) is 6.42 Å². The van der Waals surface area contributed by atoms with Gasteiger partial charge in [0.1, 0.15) is 0 Å². The van der Waals surface area contributed by atoms with Crippen LogP contribution >= 0.6 is 0 Å². The molecule has 2 rings (SSSR count). The lowest BCUT2D eigenvalue weighted by Gasteiger charge is -2.05. The van der Waals surface area contributed by atoms with Gasteiger partial charge < -0.3 is 0 Å². The first-order chi connectivity index (χ1) is 11.8. The molecule has 0 radical (unpaired) electrons. The third-order valence-corrected chi connectivity index (χ3v) is 4.20. The van der Waals surface area contributed by atoms with Gasteiger partial charge in [-0.3, -0.25) is 4.79 Å². The van der Waals surface area contributed by atoms with Crippen LogP contribution in [-0.2, 0) is 11.2 Å². The van der Waals surface area contributed by atoms with Crippen LogP contribution in [0.2, 0.25) is 0 Å². The molecule has 0 aliphatic carbocycles. The number of hydrogen-bond acceptors (Lipinski definition) is 2. The number of carbonyl (C=O) groups is 1. The predicted molar refractivity (Wildman–Crippen MR) is 102 cm³/mol. The minimum absolute atomic E-state index is 0.0643. The van der Waals surface area contributed by atoms with Crippen molar-refractivity contribution in [2.75, 3.05) is 0 Å². The Hall–Kier alpha value is -2.16. The summed E-state index contributed by atoms with van der Waals surface area (Å²) < 4.78 is 0. The Kier molecular flexibility index (Phi) is 8.02. The maximum absolute atomic E-state index is 12.0. The molecule has 0 atom stereocenters. The van der Waals surface area contributed by atoms with Crippen LogP contribution in [0.3, 0.4) is 0 Å². The number of amides is 1. The van der Waals surface area contributed by atoms with Crippen LogP contribution in [0.1, 0.15) is 57.4 Å². The number of nitrogens with zero attached hydrogens (tertiary/aromatic N) is 1. The Morgan fingerprint density at radius 1 is 1.00 bits per heavy atom. The van der Waals surface area contributed by atoms with E-state index in [9.17, 15) is 4.79 Å². The van der Waals surface area contributed by atoms with E-state index < -0.39 is 0 Å².